The van der Waals surface area contributed by atoms with Gasteiger partial charge in [-0.15, -0.1) is 45.1 Å². The summed E-state index contributed by atoms with van der Waals surface area (Å²) in [5.74, 6) is 0.512. The standard InChI is InChI=1S/C32H24N4S.Pt/c1-22-16-17-33-32(18-22)36-28-11-4-3-10-26(28)27-15-14-25(20-31(27)36)37-24-9-7-8-23(19-24)35-21-34(2)29-12-5-6-13-30(29)35;/h3-18H,21H2,1-2H3;/q-2;+2/i1D3,2D3;. The second-order valence-electron chi connectivity index (χ2n) is 8.83. The number of fused-ring (bicyclic) bond motifs is 4. The van der Waals surface area contributed by atoms with Gasteiger partial charge in [-0.3, -0.25) is 0 Å². The molecule has 0 aliphatic carbocycles. The first-order valence-electron chi connectivity index (χ1n) is 14.8. The first-order chi connectivity index (χ1) is 20.6. The topological polar surface area (TPSA) is 24.3 Å². The van der Waals surface area contributed by atoms with Crippen LogP contribution >= 0.6 is 11.8 Å². The van der Waals surface area contributed by atoms with Crippen molar-refractivity contribution in [3.05, 3.63) is 115 Å². The predicted molar refractivity (Wildman–Crippen MR) is 153 cm³/mol. The van der Waals surface area contributed by atoms with Crippen LogP contribution in [0.5, 0.6) is 0 Å². The van der Waals surface area contributed by atoms with E-state index in [4.69, 9.17) is 8.22 Å². The van der Waals surface area contributed by atoms with E-state index in [1.807, 2.05) is 82.3 Å². The average molecular weight is 698 g/mol. The maximum atomic E-state index is 8.01. The third-order valence-electron chi connectivity index (χ3n) is 6.54. The van der Waals surface area contributed by atoms with Crippen LogP contribution in [0.2, 0.25) is 0 Å². The summed E-state index contributed by atoms with van der Waals surface area (Å²) in [6.45, 7) is -4.32. The minimum atomic E-state index is -2.27. The van der Waals surface area contributed by atoms with Crippen LogP contribution in [0.4, 0.5) is 17.1 Å². The number of aromatic nitrogens is 2. The van der Waals surface area contributed by atoms with Gasteiger partial charge in [0.1, 0.15) is 5.82 Å². The number of hydrogen-bond acceptors (Lipinski definition) is 4. The second kappa shape index (κ2) is 9.98. The first kappa shape index (κ1) is 18.7. The zero-order valence-corrected chi connectivity index (χ0v) is 23.0. The maximum Gasteiger partial charge on any atom is 2.00 e. The average Bonchev–Trinajstić information content (AvgIpc) is 3.53. The molecule has 0 radical (unpaired) electrons. The number of pyridine rings is 1. The Morgan fingerprint density at radius 3 is 2.58 bits per heavy atom. The summed E-state index contributed by atoms with van der Waals surface area (Å²) in [7, 11) is 0. The van der Waals surface area contributed by atoms with E-state index >= 15 is 0 Å². The molecule has 38 heavy (non-hydrogen) atoms. The van der Waals surface area contributed by atoms with E-state index in [1.54, 1.807) is 6.07 Å². The molecule has 0 fully saturated rings. The smallest absolute Gasteiger partial charge is 0.355 e. The fourth-order valence-electron chi connectivity index (χ4n) is 4.90. The SMILES string of the molecule is [2H]C([2H])([2H])c1ccnc(-n2c3[c-]c(Sc4[c-]c(N5CN(C([2H])([2H])[2H])c6ccccc65)ccc4)ccc3c3ccccc32)c1.[Pt+2]. The fourth-order valence-corrected chi connectivity index (χ4v) is 5.73. The number of rotatable bonds is 4. The Morgan fingerprint density at radius 1 is 0.842 bits per heavy atom. The number of benzene rings is 4. The number of hydrogen-bond donors (Lipinski definition) is 0. The van der Waals surface area contributed by atoms with E-state index in [2.05, 4.69) is 23.2 Å². The number of para-hydroxylation sites is 3. The summed E-state index contributed by atoms with van der Waals surface area (Å²) in [4.78, 5) is 9.62. The first-order valence-corrected chi connectivity index (χ1v) is 12.7. The van der Waals surface area contributed by atoms with Gasteiger partial charge in [-0.05, 0) is 48.1 Å². The van der Waals surface area contributed by atoms with Crippen molar-refractivity contribution in [2.75, 3.05) is 23.4 Å². The molecule has 6 aromatic rings. The molecule has 2 aromatic heterocycles. The van der Waals surface area contributed by atoms with Crippen LogP contribution in [-0.2, 0) is 21.1 Å². The Kier molecular flexibility index (Phi) is 4.90. The summed E-state index contributed by atoms with van der Waals surface area (Å²) in [6.07, 6.45) is 1.53. The van der Waals surface area contributed by atoms with Crippen molar-refractivity contribution < 1.29 is 29.3 Å². The molecule has 6 heteroatoms. The maximum absolute atomic E-state index is 8.01. The van der Waals surface area contributed by atoms with Crippen LogP contribution < -0.4 is 9.80 Å². The van der Waals surface area contributed by atoms with Crippen LogP contribution in [0.25, 0.3) is 27.6 Å². The fraction of sp³-hybridized carbons (Fsp3) is 0.0938. The molecule has 0 saturated heterocycles. The Labute approximate surface area is 249 Å². The number of aryl methyl sites for hydroxylation is 1. The molecule has 1 aliphatic heterocycles. The van der Waals surface area contributed by atoms with E-state index in [-0.39, 0.29) is 33.3 Å². The van der Waals surface area contributed by atoms with Gasteiger partial charge in [-0.1, -0.05) is 41.5 Å². The van der Waals surface area contributed by atoms with Crippen LogP contribution in [0, 0.1) is 19.0 Å². The van der Waals surface area contributed by atoms with Crippen LogP contribution in [0.3, 0.4) is 0 Å². The van der Waals surface area contributed by atoms with Crippen LogP contribution in [0.15, 0.2) is 107 Å². The van der Waals surface area contributed by atoms with Gasteiger partial charge < -0.3 is 14.4 Å². The molecule has 4 nitrogen and oxygen atoms in total. The Bertz CT molecular complexity index is 2010. The van der Waals surface area contributed by atoms with E-state index in [0.29, 0.717) is 11.5 Å². The molecule has 1 aliphatic rings. The molecule has 3 heterocycles. The van der Waals surface area contributed by atoms with Gasteiger partial charge in [-0.2, -0.15) is 24.3 Å². The molecule has 0 unspecified atom stereocenters. The van der Waals surface area contributed by atoms with E-state index < -0.39 is 13.8 Å². The summed E-state index contributed by atoms with van der Waals surface area (Å²) >= 11 is 1.50. The van der Waals surface area contributed by atoms with Gasteiger partial charge in [0.2, 0.25) is 0 Å². The van der Waals surface area contributed by atoms with Gasteiger partial charge in [0.05, 0.1) is 18.0 Å². The van der Waals surface area contributed by atoms with E-state index in [1.165, 1.54) is 28.9 Å². The molecule has 0 saturated carbocycles. The van der Waals surface area contributed by atoms with Crippen molar-refractivity contribution in [2.45, 2.75) is 16.6 Å². The van der Waals surface area contributed by atoms with Crippen molar-refractivity contribution in [3.63, 3.8) is 0 Å². The largest absolute Gasteiger partial charge is 2.00 e. The normalized spacial score (nSPS) is 15.7. The Hall–Kier alpha value is -3.53. The molecule has 0 bridgehead atoms. The van der Waals surface area contributed by atoms with E-state index in [0.717, 1.165) is 43.0 Å². The minimum absolute atomic E-state index is 0. The Morgan fingerprint density at radius 2 is 1.68 bits per heavy atom. The number of anilines is 3. The van der Waals surface area contributed by atoms with Crippen molar-refractivity contribution in [1.29, 1.82) is 0 Å². The molecule has 4 aromatic carbocycles. The number of nitrogens with zero attached hydrogens (tertiary/aromatic N) is 4. The van der Waals surface area contributed by atoms with Crippen molar-refractivity contribution in [1.82, 2.24) is 9.55 Å². The third kappa shape index (κ3) is 4.20. The zero-order valence-electron chi connectivity index (χ0n) is 26.0. The molecule has 0 atom stereocenters. The van der Waals surface area contributed by atoms with Gasteiger partial charge in [0.15, 0.2) is 0 Å². The second-order valence-corrected chi connectivity index (χ2v) is 9.91. The van der Waals surface area contributed by atoms with Gasteiger partial charge in [0, 0.05) is 26.9 Å². The molecular formula is C32H24N4PtS. The third-order valence-corrected chi connectivity index (χ3v) is 7.46. The molecule has 0 amide bonds. The quantitative estimate of drug-likeness (QED) is 0.176. The van der Waals surface area contributed by atoms with Crippen molar-refractivity contribution in [2.24, 2.45) is 0 Å². The monoisotopic (exact) mass is 697 g/mol. The Balaban J connectivity index is 0.00000343. The summed E-state index contributed by atoms with van der Waals surface area (Å²) < 4.78 is 49.7. The molecular weight excluding hydrogens is 668 g/mol. The van der Waals surface area contributed by atoms with Gasteiger partial charge in [-0.25, -0.2) is 4.98 Å². The van der Waals surface area contributed by atoms with Crippen molar-refractivity contribution in [3.8, 4) is 5.82 Å². The predicted octanol–water partition coefficient (Wildman–Crippen LogP) is 7.78. The molecule has 0 N–H and O–H groups in total. The zero-order chi connectivity index (χ0) is 29.9. The van der Waals surface area contributed by atoms with Crippen LogP contribution in [0.1, 0.15) is 13.8 Å². The molecule has 7 rings (SSSR count). The summed E-state index contributed by atoms with van der Waals surface area (Å²) in [5.41, 5.74) is 4.18. The van der Waals surface area contributed by atoms with Gasteiger partial charge in [0.25, 0.3) is 0 Å². The van der Waals surface area contributed by atoms with Gasteiger partial charge >= 0.3 is 21.1 Å². The molecule has 0 spiro atoms. The summed E-state index contributed by atoms with van der Waals surface area (Å²) in [5, 5.41) is 2.00. The molecule has 188 valence electrons. The summed E-state index contributed by atoms with van der Waals surface area (Å²) in [6, 6.07) is 35.5. The van der Waals surface area contributed by atoms with E-state index in [9.17, 15) is 0 Å². The minimum Gasteiger partial charge on any atom is -0.355 e. The van der Waals surface area contributed by atoms with Crippen LogP contribution in [-0.4, -0.2) is 23.2 Å². The van der Waals surface area contributed by atoms with Crippen molar-refractivity contribution >= 4 is 50.6 Å².